The summed E-state index contributed by atoms with van der Waals surface area (Å²) in [5, 5.41) is 0. The zero-order valence-corrected chi connectivity index (χ0v) is 18.5. The molecule has 0 aromatic rings. The molecular formula is C20H41BrMg. The van der Waals surface area contributed by atoms with Crippen LogP contribution >= 0.6 is 0 Å². The minimum absolute atomic E-state index is 0. The topological polar surface area (TPSA) is 0 Å². The van der Waals surface area contributed by atoms with Crippen molar-refractivity contribution in [3.05, 3.63) is 0 Å². The predicted octanol–water partition coefficient (Wildman–Crippen LogP) is 4.62. The number of hydrogen-bond acceptors (Lipinski definition) is 0. The normalized spacial score (nSPS) is 10.7. The van der Waals surface area contributed by atoms with E-state index in [2.05, 4.69) is 28.6 Å². The average Bonchev–Trinajstić information content (AvgIpc) is 2.50. The summed E-state index contributed by atoms with van der Waals surface area (Å²) in [5.41, 5.74) is 0. The fourth-order valence-electron chi connectivity index (χ4n) is 3.08. The Morgan fingerprint density at radius 1 is 0.409 bits per heavy atom. The van der Waals surface area contributed by atoms with Gasteiger partial charge in [-0.15, -0.1) is 0 Å². The summed E-state index contributed by atoms with van der Waals surface area (Å²) in [6.45, 7) is 2.30. The SMILES string of the molecule is CCCCCCCCCCCCCCCCCCC[CH2][Mg+].[Br-]. The molecule has 0 rings (SSSR count). The van der Waals surface area contributed by atoms with E-state index in [0.717, 1.165) is 0 Å². The van der Waals surface area contributed by atoms with Crippen LogP contribution in [-0.4, -0.2) is 21.7 Å². The molecule has 0 fully saturated rings. The molecule has 0 heterocycles. The molecule has 0 aliphatic heterocycles. The van der Waals surface area contributed by atoms with Gasteiger partial charge in [-0.3, -0.25) is 0 Å². The fraction of sp³-hybridized carbons (Fsp3) is 1.00. The monoisotopic (exact) mass is 384 g/mol. The summed E-state index contributed by atoms with van der Waals surface area (Å²) < 4.78 is 1.40. The summed E-state index contributed by atoms with van der Waals surface area (Å²) in [7, 11) is 0. The maximum absolute atomic E-state index is 2.30. The van der Waals surface area contributed by atoms with Gasteiger partial charge in [0.1, 0.15) is 0 Å². The minimum atomic E-state index is 0. The minimum Gasteiger partial charge on any atom is -1.00 e. The Balaban J connectivity index is 0. The third-order valence-corrected chi connectivity index (χ3v) is 5.10. The van der Waals surface area contributed by atoms with Crippen molar-refractivity contribution >= 4 is 21.7 Å². The van der Waals surface area contributed by atoms with Gasteiger partial charge in [0.15, 0.2) is 0 Å². The van der Waals surface area contributed by atoms with Gasteiger partial charge in [-0.2, -0.15) is 0 Å². The third-order valence-electron chi connectivity index (χ3n) is 4.60. The molecule has 0 N–H and O–H groups in total. The van der Waals surface area contributed by atoms with Crippen molar-refractivity contribution in [1.29, 1.82) is 0 Å². The van der Waals surface area contributed by atoms with Gasteiger partial charge in [0.25, 0.3) is 0 Å². The molecule has 2 heteroatoms. The van der Waals surface area contributed by atoms with Crippen LogP contribution in [0.3, 0.4) is 0 Å². The van der Waals surface area contributed by atoms with Crippen LogP contribution in [0.25, 0.3) is 0 Å². The Bertz CT molecular complexity index is 155. The first-order valence-electron chi connectivity index (χ1n) is 10.2. The summed E-state index contributed by atoms with van der Waals surface area (Å²) in [6.07, 6.45) is 26.6. The largest absolute Gasteiger partial charge is 1.00 e. The molecular weight excluding hydrogens is 344 g/mol. The Hall–Kier alpha value is 1.25. The molecule has 0 aliphatic rings. The van der Waals surface area contributed by atoms with Crippen LogP contribution in [-0.2, 0) is 0 Å². The predicted molar refractivity (Wildman–Crippen MR) is 99.3 cm³/mol. The molecule has 0 spiro atoms. The van der Waals surface area contributed by atoms with Crippen molar-refractivity contribution in [2.45, 2.75) is 127 Å². The molecule has 0 saturated carbocycles. The van der Waals surface area contributed by atoms with Crippen LogP contribution in [0.2, 0.25) is 4.55 Å². The van der Waals surface area contributed by atoms with Crippen molar-refractivity contribution in [2.75, 3.05) is 0 Å². The summed E-state index contributed by atoms with van der Waals surface area (Å²) in [4.78, 5) is 0. The van der Waals surface area contributed by atoms with Crippen molar-refractivity contribution in [2.24, 2.45) is 0 Å². The number of rotatable bonds is 18. The van der Waals surface area contributed by atoms with E-state index in [9.17, 15) is 0 Å². The number of halogens is 1. The van der Waals surface area contributed by atoms with Crippen LogP contribution in [0, 0.1) is 0 Å². The second-order valence-corrected chi connectivity index (χ2v) is 7.57. The maximum atomic E-state index is 2.30. The Morgan fingerprint density at radius 2 is 0.636 bits per heavy atom. The Morgan fingerprint density at radius 3 is 0.864 bits per heavy atom. The average molecular weight is 386 g/mol. The molecule has 0 aliphatic carbocycles. The van der Waals surface area contributed by atoms with Gasteiger partial charge in [-0.1, -0.05) is 51.9 Å². The third kappa shape index (κ3) is 23.5. The van der Waals surface area contributed by atoms with Gasteiger partial charge < -0.3 is 17.0 Å². The molecule has 22 heavy (non-hydrogen) atoms. The van der Waals surface area contributed by atoms with Gasteiger partial charge in [0, 0.05) is 0 Å². The van der Waals surface area contributed by atoms with E-state index in [4.69, 9.17) is 0 Å². The van der Waals surface area contributed by atoms with Gasteiger partial charge in [0.05, 0.1) is 0 Å². The quantitative estimate of drug-likeness (QED) is 0.238. The van der Waals surface area contributed by atoms with Gasteiger partial charge >= 0.3 is 96.9 Å². The molecule has 0 unspecified atom stereocenters. The van der Waals surface area contributed by atoms with E-state index in [1.54, 1.807) is 0 Å². The van der Waals surface area contributed by atoms with E-state index < -0.39 is 0 Å². The fourth-order valence-corrected chi connectivity index (χ4v) is 3.43. The second-order valence-electron chi connectivity index (χ2n) is 6.86. The van der Waals surface area contributed by atoms with E-state index in [1.165, 1.54) is 120 Å². The first kappa shape index (κ1) is 25.5. The second kappa shape index (κ2) is 24.5. The number of hydrogen-bond donors (Lipinski definition) is 0. The van der Waals surface area contributed by atoms with E-state index >= 15 is 0 Å². The summed E-state index contributed by atoms with van der Waals surface area (Å²) >= 11 is 2.12. The zero-order chi connectivity index (χ0) is 15.4. The molecule has 0 aromatic carbocycles. The van der Waals surface area contributed by atoms with Crippen LogP contribution in [0.4, 0.5) is 0 Å². The molecule has 0 nitrogen and oxygen atoms in total. The molecule has 130 valence electrons. The molecule has 0 saturated heterocycles. The molecule has 0 amide bonds. The summed E-state index contributed by atoms with van der Waals surface area (Å²) in [6, 6.07) is 0. The standard InChI is InChI=1S/C20H41.BrH.Mg/c1-3-5-7-9-11-13-15-17-19-20-18-16-14-12-10-8-6-4-2;;/h1,3-20H2,2H3;1H;/q;;+1/p-1. The molecule has 0 aromatic heterocycles. The molecule has 0 atom stereocenters. The zero-order valence-electron chi connectivity index (χ0n) is 15.5. The van der Waals surface area contributed by atoms with E-state index in [-0.39, 0.29) is 17.0 Å². The van der Waals surface area contributed by atoms with Gasteiger partial charge in [0.2, 0.25) is 0 Å². The van der Waals surface area contributed by atoms with Crippen molar-refractivity contribution in [1.82, 2.24) is 0 Å². The van der Waals surface area contributed by atoms with Crippen molar-refractivity contribution < 1.29 is 17.0 Å². The Labute approximate surface area is 165 Å². The van der Waals surface area contributed by atoms with Crippen molar-refractivity contribution in [3.8, 4) is 0 Å². The van der Waals surface area contributed by atoms with Crippen LogP contribution in [0.5, 0.6) is 0 Å². The molecule has 0 radical (unpaired) electrons. The van der Waals surface area contributed by atoms with Crippen LogP contribution < -0.4 is 17.0 Å². The Kier molecular flexibility index (Phi) is 28.4. The van der Waals surface area contributed by atoms with Gasteiger partial charge in [-0.05, 0) is 0 Å². The number of unbranched alkanes of at least 4 members (excludes halogenated alkanes) is 17. The van der Waals surface area contributed by atoms with Crippen molar-refractivity contribution in [3.63, 3.8) is 0 Å². The van der Waals surface area contributed by atoms with Gasteiger partial charge in [-0.25, -0.2) is 0 Å². The van der Waals surface area contributed by atoms with Crippen LogP contribution in [0.15, 0.2) is 0 Å². The maximum Gasteiger partial charge on any atom is -1.00 e. The first-order chi connectivity index (χ1) is 10.4. The molecule has 0 bridgehead atoms. The van der Waals surface area contributed by atoms with Crippen LogP contribution in [0.1, 0.15) is 122 Å². The smallest absolute Gasteiger partial charge is 1.00 e. The summed E-state index contributed by atoms with van der Waals surface area (Å²) in [5.74, 6) is 0. The first-order valence-corrected chi connectivity index (χ1v) is 11.2. The van der Waals surface area contributed by atoms with E-state index in [1.807, 2.05) is 0 Å². The van der Waals surface area contributed by atoms with E-state index in [0.29, 0.717) is 0 Å².